The van der Waals surface area contributed by atoms with Gasteiger partial charge in [0.25, 0.3) is 0 Å². The average molecular weight is 335 g/mol. The second-order valence-electron chi connectivity index (χ2n) is 7.95. The molecule has 0 aromatic heterocycles. The summed E-state index contributed by atoms with van der Waals surface area (Å²) in [5.41, 5.74) is 0.334. The zero-order valence-corrected chi connectivity index (χ0v) is 17.3. The van der Waals surface area contributed by atoms with Crippen molar-refractivity contribution in [2.24, 2.45) is 22.7 Å². The van der Waals surface area contributed by atoms with E-state index in [1.807, 2.05) is 0 Å². The van der Waals surface area contributed by atoms with Crippen molar-refractivity contribution >= 4 is 0 Å². The highest BCUT2D eigenvalue weighted by Crippen LogP contribution is 2.27. The van der Waals surface area contributed by atoms with Crippen LogP contribution in [0.1, 0.15) is 48.0 Å². The van der Waals surface area contributed by atoms with Crippen molar-refractivity contribution in [2.45, 2.75) is 48.0 Å². The Morgan fingerprint density at radius 1 is 0.652 bits per heavy atom. The summed E-state index contributed by atoms with van der Waals surface area (Å²) in [6.45, 7) is 16.3. The van der Waals surface area contributed by atoms with Crippen molar-refractivity contribution in [3.05, 3.63) is 0 Å². The molecular formula is C19H42O4. The molecule has 0 saturated carbocycles. The molecule has 0 atom stereocenters. The van der Waals surface area contributed by atoms with Crippen LogP contribution in [-0.2, 0) is 18.9 Å². The first-order chi connectivity index (χ1) is 10.6. The SMILES string of the molecule is COCC(C)(COC)C(C)C.COCC(C)(COC)CC(C)C. The molecule has 0 spiro atoms. The van der Waals surface area contributed by atoms with E-state index in [1.54, 1.807) is 28.4 Å². The first kappa shape index (κ1) is 25.1. The van der Waals surface area contributed by atoms with E-state index in [0.717, 1.165) is 32.8 Å². The Morgan fingerprint density at radius 2 is 1.00 bits per heavy atom. The van der Waals surface area contributed by atoms with E-state index in [4.69, 9.17) is 18.9 Å². The van der Waals surface area contributed by atoms with Gasteiger partial charge in [-0.15, -0.1) is 0 Å². The first-order valence-electron chi connectivity index (χ1n) is 8.56. The van der Waals surface area contributed by atoms with Crippen LogP contribution in [0.2, 0.25) is 0 Å². The van der Waals surface area contributed by atoms with Crippen molar-refractivity contribution in [3.63, 3.8) is 0 Å². The Kier molecular flexibility index (Phi) is 14.4. The van der Waals surface area contributed by atoms with Gasteiger partial charge in [0.1, 0.15) is 0 Å². The molecule has 142 valence electrons. The standard InChI is InChI=1S/C10H22O2.C9H20O2/c1-9(2)6-10(3,7-11-4)8-12-5;1-8(2)9(3,6-10-4)7-11-5/h9H,6-8H2,1-5H3;8H,6-7H2,1-5H3. The predicted octanol–water partition coefficient (Wildman–Crippen LogP) is 4.27. The minimum atomic E-state index is 0.156. The molecule has 0 heterocycles. The van der Waals surface area contributed by atoms with Gasteiger partial charge in [-0.3, -0.25) is 0 Å². The second kappa shape index (κ2) is 13.2. The number of ether oxygens (including phenoxy) is 4. The van der Waals surface area contributed by atoms with Gasteiger partial charge in [0.05, 0.1) is 26.4 Å². The molecule has 0 aliphatic heterocycles. The maximum absolute atomic E-state index is 5.18. The van der Waals surface area contributed by atoms with Gasteiger partial charge in [0.15, 0.2) is 0 Å². The quantitative estimate of drug-likeness (QED) is 0.565. The molecule has 4 heteroatoms. The third kappa shape index (κ3) is 11.9. The summed E-state index contributed by atoms with van der Waals surface area (Å²) >= 11 is 0. The van der Waals surface area contributed by atoms with E-state index in [-0.39, 0.29) is 10.8 Å². The molecule has 23 heavy (non-hydrogen) atoms. The topological polar surface area (TPSA) is 36.9 Å². The minimum Gasteiger partial charge on any atom is -0.384 e. The van der Waals surface area contributed by atoms with Crippen molar-refractivity contribution < 1.29 is 18.9 Å². The molecule has 0 N–H and O–H groups in total. The van der Waals surface area contributed by atoms with Crippen LogP contribution in [0.25, 0.3) is 0 Å². The molecule has 0 aliphatic carbocycles. The van der Waals surface area contributed by atoms with Crippen molar-refractivity contribution in [1.29, 1.82) is 0 Å². The van der Waals surface area contributed by atoms with Gasteiger partial charge in [0.2, 0.25) is 0 Å². The van der Waals surface area contributed by atoms with E-state index in [2.05, 4.69) is 41.5 Å². The van der Waals surface area contributed by atoms with Crippen LogP contribution in [0.3, 0.4) is 0 Å². The van der Waals surface area contributed by atoms with E-state index in [1.165, 1.54) is 0 Å². The van der Waals surface area contributed by atoms with E-state index in [9.17, 15) is 0 Å². The summed E-state index contributed by atoms with van der Waals surface area (Å²) in [6, 6.07) is 0. The lowest BCUT2D eigenvalue weighted by Gasteiger charge is -2.31. The molecule has 0 fully saturated rings. The lowest BCUT2D eigenvalue weighted by molar-refractivity contribution is -0.00728. The zero-order chi connectivity index (χ0) is 18.5. The van der Waals surface area contributed by atoms with Crippen molar-refractivity contribution in [2.75, 3.05) is 54.9 Å². The highest BCUT2D eigenvalue weighted by Gasteiger charge is 2.28. The van der Waals surface area contributed by atoms with E-state index < -0.39 is 0 Å². The summed E-state index contributed by atoms with van der Waals surface area (Å²) < 4.78 is 20.6. The number of hydrogen-bond acceptors (Lipinski definition) is 4. The van der Waals surface area contributed by atoms with Crippen LogP contribution >= 0.6 is 0 Å². The van der Waals surface area contributed by atoms with Crippen molar-refractivity contribution in [1.82, 2.24) is 0 Å². The molecule has 4 nitrogen and oxygen atoms in total. The summed E-state index contributed by atoms with van der Waals surface area (Å²) in [5, 5.41) is 0. The third-order valence-corrected chi connectivity index (χ3v) is 4.23. The minimum absolute atomic E-state index is 0.156. The normalized spacial score (nSPS) is 12.5. The van der Waals surface area contributed by atoms with Gasteiger partial charge in [0, 0.05) is 39.3 Å². The Morgan fingerprint density at radius 3 is 1.22 bits per heavy atom. The molecule has 0 aromatic rings. The van der Waals surface area contributed by atoms with E-state index >= 15 is 0 Å². The zero-order valence-electron chi connectivity index (χ0n) is 17.3. The number of rotatable bonds is 11. The Balaban J connectivity index is 0. The molecule has 0 amide bonds. The molecule has 0 aromatic carbocycles. The molecule has 0 bridgehead atoms. The van der Waals surface area contributed by atoms with Gasteiger partial charge in [-0.25, -0.2) is 0 Å². The summed E-state index contributed by atoms with van der Waals surface area (Å²) in [5.74, 6) is 1.28. The molecule has 0 rings (SSSR count). The number of methoxy groups -OCH3 is 4. The monoisotopic (exact) mass is 334 g/mol. The second-order valence-corrected chi connectivity index (χ2v) is 7.95. The van der Waals surface area contributed by atoms with Crippen LogP contribution in [0.4, 0.5) is 0 Å². The Labute approximate surface area is 145 Å². The van der Waals surface area contributed by atoms with Gasteiger partial charge in [-0.05, 0) is 18.3 Å². The average Bonchev–Trinajstić information content (AvgIpc) is 2.39. The van der Waals surface area contributed by atoms with Crippen LogP contribution in [0, 0.1) is 22.7 Å². The maximum Gasteiger partial charge on any atom is 0.0540 e. The lowest BCUT2D eigenvalue weighted by Crippen LogP contribution is -2.33. The summed E-state index contributed by atoms with van der Waals surface area (Å²) in [4.78, 5) is 0. The Hall–Kier alpha value is -0.160. The maximum atomic E-state index is 5.18. The predicted molar refractivity (Wildman–Crippen MR) is 98.0 cm³/mol. The van der Waals surface area contributed by atoms with Crippen LogP contribution < -0.4 is 0 Å². The molecule has 0 radical (unpaired) electrons. The lowest BCUT2D eigenvalue weighted by atomic mass is 9.81. The molecule has 0 saturated heterocycles. The number of hydrogen-bond donors (Lipinski definition) is 0. The summed E-state index contributed by atoms with van der Waals surface area (Å²) in [7, 11) is 6.95. The molecule has 0 aliphatic rings. The van der Waals surface area contributed by atoms with Crippen LogP contribution in [0.5, 0.6) is 0 Å². The van der Waals surface area contributed by atoms with Gasteiger partial charge in [-0.2, -0.15) is 0 Å². The Bertz CT molecular complexity index is 252. The highest BCUT2D eigenvalue weighted by atomic mass is 16.5. The first-order valence-corrected chi connectivity index (χ1v) is 8.56. The van der Waals surface area contributed by atoms with Gasteiger partial charge >= 0.3 is 0 Å². The van der Waals surface area contributed by atoms with Gasteiger partial charge < -0.3 is 18.9 Å². The fourth-order valence-corrected chi connectivity index (χ4v) is 2.88. The van der Waals surface area contributed by atoms with E-state index in [0.29, 0.717) is 11.8 Å². The largest absolute Gasteiger partial charge is 0.384 e. The van der Waals surface area contributed by atoms with Crippen LogP contribution in [0.15, 0.2) is 0 Å². The highest BCUT2D eigenvalue weighted by molar-refractivity contribution is 4.76. The molecular weight excluding hydrogens is 292 g/mol. The fraction of sp³-hybridized carbons (Fsp3) is 1.00. The molecule has 0 unspecified atom stereocenters. The fourth-order valence-electron chi connectivity index (χ4n) is 2.88. The third-order valence-electron chi connectivity index (χ3n) is 4.23. The van der Waals surface area contributed by atoms with Crippen molar-refractivity contribution in [3.8, 4) is 0 Å². The van der Waals surface area contributed by atoms with Crippen LogP contribution in [-0.4, -0.2) is 54.9 Å². The van der Waals surface area contributed by atoms with Gasteiger partial charge in [-0.1, -0.05) is 41.5 Å². The smallest absolute Gasteiger partial charge is 0.0540 e. The summed E-state index contributed by atoms with van der Waals surface area (Å²) in [6.07, 6.45) is 1.15.